The van der Waals surface area contributed by atoms with Gasteiger partial charge in [0.2, 0.25) is 0 Å². The third kappa shape index (κ3) is 2.46. The summed E-state index contributed by atoms with van der Waals surface area (Å²) < 4.78 is 27.4. The number of benzene rings is 2. The van der Waals surface area contributed by atoms with Crippen LogP contribution < -0.4 is 0 Å². The lowest BCUT2D eigenvalue weighted by Crippen LogP contribution is -2.00. The predicted molar refractivity (Wildman–Crippen MR) is 78.3 cm³/mol. The fraction of sp³-hybridized carbons (Fsp3) is 0. The SMILES string of the molecule is O=C(O)c1ccc2[nH]nc(C=Cc3cccc(F)c3)c2c1F. The highest BCUT2D eigenvalue weighted by Gasteiger charge is 2.17. The van der Waals surface area contributed by atoms with Crippen LogP contribution in [0.4, 0.5) is 8.78 Å². The molecule has 2 N–H and O–H groups in total. The van der Waals surface area contributed by atoms with E-state index in [1.54, 1.807) is 18.2 Å². The summed E-state index contributed by atoms with van der Waals surface area (Å²) in [6.07, 6.45) is 3.08. The molecule has 0 saturated carbocycles. The van der Waals surface area contributed by atoms with Crippen LogP contribution in [0.5, 0.6) is 0 Å². The van der Waals surface area contributed by atoms with Gasteiger partial charge in [-0.2, -0.15) is 5.10 Å². The highest BCUT2D eigenvalue weighted by atomic mass is 19.1. The van der Waals surface area contributed by atoms with Crippen LogP contribution in [0, 0.1) is 11.6 Å². The number of halogens is 2. The standard InChI is InChI=1S/C16H10F2N2O2/c17-10-3-1-2-9(8-10)4-6-12-14-13(20-19-12)7-5-11(15(14)18)16(21)22/h1-8H,(H,19,20)(H,21,22). The predicted octanol–water partition coefficient (Wildman–Crippen LogP) is 3.71. The number of H-pyrrole nitrogens is 1. The number of nitrogens with zero attached hydrogens (tertiary/aromatic N) is 1. The van der Waals surface area contributed by atoms with Crippen LogP contribution in [-0.2, 0) is 0 Å². The number of carboxylic acid groups (broad SMARTS) is 1. The molecule has 0 aliphatic rings. The van der Waals surface area contributed by atoms with Gasteiger partial charge in [0.15, 0.2) is 0 Å². The summed E-state index contributed by atoms with van der Waals surface area (Å²) in [6.45, 7) is 0. The largest absolute Gasteiger partial charge is 0.478 e. The fourth-order valence-electron chi connectivity index (χ4n) is 2.17. The van der Waals surface area contributed by atoms with Crippen LogP contribution in [0.3, 0.4) is 0 Å². The molecule has 0 amide bonds. The molecular formula is C16H10F2N2O2. The summed E-state index contributed by atoms with van der Waals surface area (Å²) in [5.41, 5.74) is 0.807. The van der Waals surface area contributed by atoms with Gasteiger partial charge in [0.05, 0.1) is 22.2 Å². The number of rotatable bonds is 3. The molecule has 4 nitrogen and oxygen atoms in total. The molecule has 0 bridgehead atoms. The summed E-state index contributed by atoms with van der Waals surface area (Å²) in [5, 5.41) is 15.6. The molecule has 0 fully saturated rings. The normalized spacial score (nSPS) is 11.4. The maximum absolute atomic E-state index is 14.3. The molecule has 0 aliphatic carbocycles. The van der Waals surface area contributed by atoms with Gasteiger partial charge in [0.25, 0.3) is 0 Å². The Kier molecular flexibility index (Phi) is 3.42. The van der Waals surface area contributed by atoms with Gasteiger partial charge in [0.1, 0.15) is 11.6 Å². The van der Waals surface area contributed by atoms with E-state index in [-0.39, 0.29) is 16.9 Å². The second kappa shape index (κ2) is 5.40. The van der Waals surface area contributed by atoms with Crippen LogP contribution in [0.25, 0.3) is 23.1 Å². The van der Waals surface area contributed by atoms with E-state index in [0.29, 0.717) is 11.1 Å². The molecule has 3 aromatic rings. The molecule has 0 spiro atoms. The summed E-state index contributed by atoms with van der Waals surface area (Å²) in [5.74, 6) is -2.58. The first kappa shape index (κ1) is 13.9. The molecule has 0 unspecified atom stereocenters. The van der Waals surface area contributed by atoms with Gasteiger partial charge in [-0.05, 0) is 35.9 Å². The Morgan fingerprint density at radius 2 is 2.00 bits per heavy atom. The topological polar surface area (TPSA) is 66.0 Å². The number of aromatic carboxylic acids is 1. The summed E-state index contributed by atoms with van der Waals surface area (Å²) in [6, 6.07) is 8.52. The van der Waals surface area contributed by atoms with Crippen molar-refractivity contribution in [2.75, 3.05) is 0 Å². The Labute approximate surface area is 123 Å². The number of fused-ring (bicyclic) bond motifs is 1. The quantitative estimate of drug-likeness (QED) is 0.775. The number of aromatic amines is 1. The van der Waals surface area contributed by atoms with Crippen molar-refractivity contribution in [2.45, 2.75) is 0 Å². The number of nitrogens with one attached hydrogen (secondary N) is 1. The van der Waals surface area contributed by atoms with Gasteiger partial charge in [-0.3, -0.25) is 5.10 Å². The number of aromatic nitrogens is 2. The Hall–Kier alpha value is -3.02. The van der Waals surface area contributed by atoms with Crippen LogP contribution in [0.15, 0.2) is 36.4 Å². The van der Waals surface area contributed by atoms with Crippen molar-refractivity contribution < 1.29 is 18.7 Å². The third-order valence-electron chi connectivity index (χ3n) is 3.21. The molecule has 1 aromatic heterocycles. The lowest BCUT2D eigenvalue weighted by atomic mass is 10.1. The Morgan fingerprint density at radius 1 is 1.18 bits per heavy atom. The van der Waals surface area contributed by atoms with Crippen LogP contribution >= 0.6 is 0 Å². The van der Waals surface area contributed by atoms with Crippen molar-refractivity contribution in [3.63, 3.8) is 0 Å². The van der Waals surface area contributed by atoms with Crippen molar-refractivity contribution in [2.24, 2.45) is 0 Å². The molecule has 2 aromatic carbocycles. The minimum Gasteiger partial charge on any atom is -0.478 e. The fourth-order valence-corrected chi connectivity index (χ4v) is 2.17. The lowest BCUT2D eigenvalue weighted by Gasteiger charge is -1.99. The van der Waals surface area contributed by atoms with Gasteiger partial charge in [-0.15, -0.1) is 0 Å². The molecule has 6 heteroatoms. The second-order valence-electron chi connectivity index (χ2n) is 4.65. The minimum atomic E-state index is -1.35. The zero-order chi connectivity index (χ0) is 15.7. The number of hydrogen-bond acceptors (Lipinski definition) is 2. The van der Waals surface area contributed by atoms with Gasteiger partial charge in [-0.25, -0.2) is 13.6 Å². The van der Waals surface area contributed by atoms with Crippen LogP contribution in [-0.4, -0.2) is 21.3 Å². The first-order valence-corrected chi connectivity index (χ1v) is 6.40. The molecular weight excluding hydrogens is 290 g/mol. The van der Waals surface area contributed by atoms with Crippen molar-refractivity contribution in [3.8, 4) is 0 Å². The van der Waals surface area contributed by atoms with Gasteiger partial charge in [0, 0.05) is 0 Å². The average Bonchev–Trinajstić information content (AvgIpc) is 2.89. The average molecular weight is 300 g/mol. The molecule has 22 heavy (non-hydrogen) atoms. The highest BCUT2D eigenvalue weighted by molar-refractivity contribution is 5.97. The van der Waals surface area contributed by atoms with Crippen molar-refractivity contribution in [3.05, 3.63) is 64.9 Å². The first-order valence-electron chi connectivity index (χ1n) is 6.40. The van der Waals surface area contributed by atoms with E-state index in [9.17, 15) is 13.6 Å². The molecule has 3 rings (SSSR count). The van der Waals surface area contributed by atoms with Gasteiger partial charge >= 0.3 is 5.97 Å². The minimum absolute atomic E-state index is 0.0903. The summed E-state index contributed by atoms with van der Waals surface area (Å²) in [7, 11) is 0. The maximum atomic E-state index is 14.3. The smallest absolute Gasteiger partial charge is 0.338 e. The molecule has 0 radical (unpaired) electrons. The summed E-state index contributed by atoms with van der Waals surface area (Å²) in [4.78, 5) is 11.0. The highest BCUT2D eigenvalue weighted by Crippen LogP contribution is 2.24. The molecule has 1 heterocycles. The van der Waals surface area contributed by atoms with Gasteiger partial charge < -0.3 is 5.11 Å². The second-order valence-corrected chi connectivity index (χ2v) is 4.65. The summed E-state index contributed by atoms with van der Waals surface area (Å²) >= 11 is 0. The number of hydrogen-bond donors (Lipinski definition) is 2. The van der Waals surface area contributed by atoms with Crippen LogP contribution in [0.1, 0.15) is 21.6 Å². The number of carboxylic acids is 1. The Morgan fingerprint density at radius 3 is 2.73 bits per heavy atom. The molecule has 0 saturated heterocycles. The Bertz CT molecular complexity index is 900. The third-order valence-corrected chi connectivity index (χ3v) is 3.21. The van der Waals surface area contributed by atoms with E-state index in [0.717, 1.165) is 0 Å². The van der Waals surface area contributed by atoms with E-state index in [2.05, 4.69) is 10.2 Å². The van der Waals surface area contributed by atoms with E-state index in [1.165, 1.54) is 30.3 Å². The van der Waals surface area contributed by atoms with Gasteiger partial charge in [-0.1, -0.05) is 18.2 Å². The van der Waals surface area contributed by atoms with Crippen molar-refractivity contribution in [1.29, 1.82) is 0 Å². The molecule has 0 atom stereocenters. The van der Waals surface area contributed by atoms with E-state index >= 15 is 0 Å². The zero-order valence-corrected chi connectivity index (χ0v) is 11.2. The van der Waals surface area contributed by atoms with Crippen molar-refractivity contribution >= 4 is 29.0 Å². The van der Waals surface area contributed by atoms with Crippen molar-refractivity contribution in [1.82, 2.24) is 10.2 Å². The van der Waals surface area contributed by atoms with E-state index in [1.807, 2.05) is 0 Å². The van der Waals surface area contributed by atoms with Crippen LogP contribution in [0.2, 0.25) is 0 Å². The first-order chi connectivity index (χ1) is 10.6. The molecule has 0 aliphatic heterocycles. The van der Waals surface area contributed by atoms with E-state index in [4.69, 9.17) is 5.11 Å². The lowest BCUT2D eigenvalue weighted by molar-refractivity contribution is 0.0692. The monoisotopic (exact) mass is 300 g/mol. The molecule has 110 valence electrons. The number of carbonyl (C=O) groups is 1. The van der Waals surface area contributed by atoms with E-state index < -0.39 is 17.3 Å². The zero-order valence-electron chi connectivity index (χ0n) is 11.2. The maximum Gasteiger partial charge on any atom is 0.338 e. The Balaban J connectivity index is 2.08.